The van der Waals surface area contributed by atoms with Gasteiger partial charge in [-0.3, -0.25) is 0 Å². The van der Waals surface area contributed by atoms with E-state index in [4.69, 9.17) is 4.74 Å². The first kappa shape index (κ1) is 13.9. The number of likely N-dealkylation sites (N-methyl/N-ethyl adjacent to an activating group) is 2. The molecule has 3 nitrogen and oxygen atoms in total. The predicted octanol–water partition coefficient (Wildman–Crippen LogP) is 1.34. The van der Waals surface area contributed by atoms with Gasteiger partial charge in [-0.05, 0) is 26.6 Å². The van der Waals surface area contributed by atoms with Crippen LogP contribution in [0.1, 0.15) is 26.7 Å². The molecule has 0 saturated heterocycles. The second-order valence-electron chi connectivity index (χ2n) is 3.83. The summed E-state index contributed by atoms with van der Waals surface area (Å²) in [7, 11) is 3.94. The molecule has 1 unspecified atom stereocenters. The minimum absolute atomic E-state index is 0.465. The van der Waals surface area contributed by atoms with Crippen molar-refractivity contribution in [1.82, 2.24) is 10.2 Å². The normalized spacial score (nSPS) is 13.5. The Labute approximate surface area is 88.8 Å². The van der Waals surface area contributed by atoms with Crippen molar-refractivity contribution in [3.8, 4) is 0 Å². The molecule has 0 aromatic rings. The fourth-order valence-corrected chi connectivity index (χ4v) is 1.56. The van der Waals surface area contributed by atoms with Crippen molar-refractivity contribution in [2.24, 2.45) is 0 Å². The average molecular weight is 202 g/mol. The van der Waals surface area contributed by atoms with E-state index in [2.05, 4.69) is 31.1 Å². The minimum atomic E-state index is 0.465. The molecule has 1 atom stereocenters. The van der Waals surface area contributed by atoms with Crippen LogP contribution in [0.5, 0.6) is 0 Å². The lowest BCUT2D eigenvalue weighted by atomic mass is 10.2. The smallest absolute Gasteiger partial charge is 0.0628 e. The van der Waals surface area contributed by atoms with Gasteiger partial charge in [0.2, 0.25) is 0 Å². The van der Waals surface area contributed by atoms with E-state index in [1.165, 1.54) is 19.4 Å². The Morgan fingerprint density at radius 3 is 2.57 bits per heavy atom. The van der Waals surface area contributed by atoms with Gasteiger partial charge in [-0.2, -0.15) is 0 Å². The molecule has 0 aromatic heterocycles. The van der Waals surface area contributed by atoms with Gasteiger partial charge in [-0.1, -0.05) is 20.3 Å². The van der Waals surface area contributed by atoms with E-state index in [-0.39, 0.29) is 0 Å². The SMILES string of the molecule is CCCCN(C)CC(COC)NCC. The number of unbranched alkanes of at least 4 members (excludes halogenated alkanes) is 1. The Kier molecular flexibility index (Phi) is 9.35. The van der Waals surface area contributed by atoms with E-state index in [9.17, 15) is 0 Å². The number of methoxy groups -OCH3 is 1. The van der Waals surface area contributed by atoms with Gasteiger partial charge in [-0.25, -0.2) is 0 Å². The monoisotopic (exact) mass is 202 g/mol. The highest BCUT2D eigenvalue weighted by Gasteiger charge is 2.09. The summed E-state index contributed by atoms with van der Waals surface area (Å²) in [6.45, 7) is 8.42. The highest BCUT2D eigenvalue weighted by atomic mass is 16.5. The van der Waals surface area contributed by atoms with Gasteiger partial charge in [-0.15, -0.1) is 0 Å². The van der Waals surface area contributed by atoms with Crippen LogP contribution in [0.2, 0.25) is 0 Å². The summed E-state index contributed by atoms with van der Waals surface area (Å²) in [4.78, 5) is 2.37. The molecule has 0 rings (SSSR count). The third kappa shape index (κ3) is 7.30. The molecule has 0 fully saturated rings. The molecule has 3 heteroatoms. The van der Waals surface area contributed by atoms with Crippen molar-refractivity contribution in [2.75, 3.05) is 40.4 Å². The number of hydrogen-bond acceptors (Lipinski definition) is 3. The maximum absolute atomic E-state index is 5.17. The molecule has 0 bridgehead atoms. The Bertz CT molecular complexity index is 114. The molecule has 14 heavy (non-hydrogen) atoms. The summed E-state index contributed by atoms with van der Waals surface area (Å²) in [5, 5.41) is 3.42. The van der Waals surface area contributed by atoms with Crippen LogP contribution in [-0.2, 0) is 4.74 Å². The Balaban J connectivity index is 3.64. The van der Waals surface area contributed by atoms with Gasteiger partial charge >= 0.3 is 0 Å². The molecule has 86 valence electrons. The number of ether oxygens (including phenoxy) is 1. The van der Waals surface area contributed by atoms with Crippen molar-refractivity contribution in [1.29, 1.82) is 0 Å². The van der Waals surface area contributed by atoms with Crippen LogP contribution < -0.4 is 5.32 Å². The summed E-state index contributed by atoms with van der Waals surface area (Å²) in [5.41, 5.74) is 0. The zero-order valence-electron chi connectivity index (χ0n) is 10.2. The second kappa shape index (κ2) is 9.44. The molecule has 0 aromatic carbocycles. The van der Waals surface area contributed by atoms with Crippen LogP contribution in [0.15, 0.2) is 0 Å². The Morgan fingerprint density at radius 1 is 1.36 bits per heavy atom. The first-order chi connectivity index (χ1) is 6.74. The van der Waals surface area contributed by atoms with Crippen molar-refractivity contribution < 1.29 is 4.74 Å². The van der Waals surface area contributed by atoms with Crippen molar-refractivity contribution in [2.45, 2.75) is 32.7 Å². The van der Waals surface area contributed by atoms with Crippen LogP contribution in [-0.4, -0.2) is 51.3 Å². The lowest BCUT2D eigenvalue weighted by molar-refractivity contribution is 0.146. The zero-order chi connectivity index (χ0) is 10.8. The van der Waals surface area contributed by atoms with Crippen molar-refractivity contribution in [3.05, 3.63) is 0 Å². The zero-order valence-corrected chi connectivity index (χ0v) is 10.2. The molecule has 0 heterocycles. The molecular weight excluding hydrogens is 176 g/mol. The molecule has 0 aliphatic carbocycles. The van der Waals surface area contributed by atoms with E-state index >= 15 is 0 Å². The molecule has 0 aliphatic heterocycles. The predicted molar refractivity (Wildman–Crippen MR) is 61.7 cm³/mol. The van der Waals surface area contributed by atoms with E-state index in [1.54, 1.807) is 7.11 Å². The number of nitrogens with one attached hydrogen (secondary N) is 1. The molecule has 1 N–H and O–H groups in total. The number of nitrogens with zero attached hydrogens (tertiary/aromatic N) is 1. The van der Waals surface area contributed by atoms with Crippen LogP contribution in [0.25, 0.3) is 0 Å². The van der Waals surface area contributed by atoms with Crippen LogP contribution >= 0.6 is 0 Å². The highest BCUT2D eigenvalue weighted by molar-refractivity contribution is 4.69. The molecule has 0 spiro atoms. The first-order valence-corrected chi connectivity index (χ1v) is 5.65. The number of hydrogen-bond donors (Lipinski definition) is 1. The lowest BCUT2D eigenvalue weighted by Crippen LogP contribution is -2.42. The lowest BCUT2D eigenvalue weighted by Gasteiger charge is -2.23. The van der Waals surface area contributed by atoms with Gasteiger partial charge in [0.25, 0.3) is 0 Å². The molecule has 0 radical (unpaired) electrons. The van der Waals surface area contributed by atoms with Crippen molar-refractivity contribution in [3.63, 3.8) is 0 Å². The Morgan fingerprint density at radius 2 is 2.07 bits per heavy atom. The summed E-state index contributed by atoms with van der Waals surface area (Å²) < 4.78 is 5.17. The molecule has 0 saturated carbocycles. The van der Waals surface area contributed by atoms with E-state index in [0.717, 1.165) is 19.7 Å². The highest BCUT2D eigenvalue weighted by Crippen LogP contribution is 1.95. The summed E-state index contributed by atoms with van der Waals surface area (Å²) >= 11 is 0. The maximum atomic E-state index is 5.17. The average Bonchev–Trinajstić information content (AvgIpc) is 2.15. The van der Waals surface area contributed by atoms with E-state index < -0.39 is 0 Å². The Hall–Kier alpha value is -0.120. The molecular formula is C11H26N2O. The standard InChI is InChI=1S/C11H26N2O/c1-5-7-8-13(3)9-11(10-14-4)12-6-2/h11-12H,5-10H2,1-4H3. The van der Waals surface area contributed by atoms with E-state index in [1.807, 2.05) is 0 Å². The van der Waals surface area contributed by atoms with Crippen molar-refractivity contribution >= 4 is 0 Å². The van der Waals surface area contributed by atoms with Gasteiger partial charge < -0.3 is 15.0 Å². The van der Waals surface area contributed by atoms with Gasteiger partial charge in [0, 0.05) is 19.7 Å². The minimum Gasteiger partial charge on any atom is -0.383 e. The quantitative estimate of drug-likeness (QED) is 0.611. The fraction of sp³-hybridized carbons (Fsp3) is 1.00. The maximum Gasteiger partial charge on any atom is 0.0628 e. The van der Waals surface area contributed by atoms with Gasteiger partial charge in [0.1, 0.15) is 0 Å². The van der Waals surface area contributed by atoms with Crippen LogP contribution in [0.4, 0.5) is 0 Å². The summed E-state index contributed by atoms with van der Waals surface area (Å²) in [6, 6.07) is 0.465. The third-order valence-electron chi connectivity index (χ3n) is 2.29. The summed E-state index contributed by atoms with van der Waals surface area (Å²) in [6.07, 6.45) is 2.54. The van der Waals surface area contributed by atoms with Gasteiger partial charge in [0.05, 0.1) is 6.61 Å². The van der Waals surface area contributed by atoms with E-state index in [0.29, 0.717) is 6.04 Å². The molecule has 0 aliphatic rings. The van der Waals surface area contributed by atoms with Crippen LogP contribution in [0.3, 0.4) is 0 Å². The van der Waals surface area contributed by atoms with Gasteiger partial charge in [0.15, 0.2) is 0 Å². The topological polar surface area (TPSA) is 24.5 Å². The first-order valence-electron chi connectivity index (χ1n) is 5.65. The third-order valence-corrected chi connectivity index (χ3v) is 2.29. The second-order valence-corrected chi connectivity index (χ2v) is 3.83. The fourth-order valence-electron chi connectivity index (χ4n) is 1.56. The van der Waals surface area contributed by atoms with Crippen LogP contribution in [0, 0.1) is 0 Å². The summed E-state index contributed by atoms with van der Waals surface area (Å²) in [5.74, 6) is 0. The largest absolute Gasteiger partial charge is 0.383 e. The molecule has 0 amide bonds. The number of rotatable bonds is 9.